The molecular weight excluding hydrogens is 570 g/mol. The summed E-state index contributed by atoms with van der Waals surface area (Å²) < 4.78 is 76.9. The lowest BCUT2D eigenvalue weighted by atomic mass is 9.69. The van der Waals surface area contributed by atoms with Crippen LogP contribution in [-0.4, -0.2) is 34.7 Å². The lowest BCUT2D eigenvalue weighted by Crippen LogP contribution is -2.33. The van der Waals surface area contributed by atoms with Gasteiger partial charge >= 0.3 is 12.4 Å². The van der Waals surface area contributed by atoms with Gasteiger partial charge in [-0.05, 0) is 47.5 Å². The molecular formula is C31H24F6N6. The van der Waals surface area contributed by atoms with E-state index in [1.807, 2.05) is 60.7 Å². The summed E-state index contributed by atoms with van der Waals surface area (Å²) >= 11 is 0. The summed E-state index contributed by atoms with van der Waals surface area (Å²) in [6.07, 6.45) is -6.31. The van der Waals surface area contributed by atoms with Gasteiger partial charge in [0.15, 0.2) is 11.6 Å². The minimum absolute atomic E-state index is 0.0990. The number of pyridine rings is 2. The third kappa shape index (κ3) is 7.15. The van der Waals surface area contributed by atoms with Gasteiger partial charge in [0.05, 0.1) is 11.4 Å². The molecule has 12 heteroatoms. The van der Waals surface area contributed by atoms with Crippen LogP contribution in [0, 0.1) is 0 Å². The zero-order chi connectivity index (χ0) is 31.1. The lowest BCUT2D eigenvalue weighted by molar-refractivity contribution is -0.0933. The van der Waals surface area contributed by atoms with E-state index in [0.717, 1.165) is 23.6 Å². The van der Waals surface area contributed by atoms with Crippen molar-refractivity contribution in [2.24, 2.45) is 21.5 Å². The number of aliphatic imine (C=N–C) groups is 2. The Morgan fingerprint density at radius 1 is 0.535 bits per heavy atom. The number of hydrogen-bond donors (Lipinski definition) is 2. The Kier molecular flexibility index (Phi) is 9.08. The standard InChI is InChI=1S/C31H24F6N6/c32-30(33,34)23(38)17-19-40-27-15-7-13-25(42-27)29(21-9-3-1-4-10-21,22-11-5-2-6-12-22)26-14-8-16-28(43-26)41-20-18-24(39)31(35,36)37/h1-20H,38-39H2. The van der Waals surface area contributed by atoms with Crippen LogP contribution in [-0.2, 0) is 5.41 Å². The number of nitrogens with zero attached hydrogens (tertiary/aromatic N) is 4. The molecule has 0 amide bonds. The highest BCUT2D eigenvalue weighted by atomic mass is 19.4. The van der Waals surface area contributed by atoms with Crippen LogP contribution in [0.2, 0.25) is 0 Å². The molecule has 0 spiro atoms. The minimum Gasteiger partial charge on any atom is -0.395 e. The van der Waals surface area contributed by atoms with E-state index < -0.39 is 29.2 Å². The predicted octanol–water partition coefficient (Wildman–Crippen LogP) is 7.07. The highest BCUT2D eigenvalue weighted by Crippen LogP contribution is 2.44. The first-order valence-electron chi connectivity index (χ1n) is 12.6. The van der Waals surface area contributed by atoms with Crippen LogP contribution >= 0.6 is 0 Å². The number of halogens is 6. The molecule has 0 bridgehead atoms. The van der Waals surface area contributed by atoms with Crippen molar-refractivity contribution in [2.45, 2.75) is 17.8 Å². The molecule has 4 rings (SSSR count). The normalized spacial score (nSPS) is 13.6. The number of benzene rings is 2. The molecule has 4 aromatic rings. The van der Waals surface area contributed by atoms with Crippen molar-refractivity contribution in [1.82, 2.24) is 9.97 Å². The zero-order valence-electron chi connectivity index (χ0n) is 22.3. The Bertz CT molecular complexity index is 1530. The van der Waals surface area contributed by atoms with Crippen LogP contribution in [0.4, 0.5) is 38.0 Å². The number of nitrogens with two attached hydrogens (primary N) is 2. The summed E-state index contributed by atoms with van der Waals surface area (Å²) in [4.78, 5) is 17.5. The maximum atomic E-state index is 12.8. The highest BCUT2D eigenvalue weighted by molar-refractivity contribution is 5.75. The second-order valence-electron chi connectivity index (χ2n) is 9.04. The van der Waals surface area contributed by atoms with Crippen LogP contribution in [0.15, 0.2) is 131 Å². The fraction of sp³-hybridized carbons (Fsp3) is 0.0968. The first kappa shape index (κ1) is 30.7. The van der Waals surface area contributed by atoms with Gasteiger partial charge < -0.3 is 11.5 Å². The summed E-state index contributed by atoms with van der Waals surface area (Å²) in [6.45, 7) is 0. The van der Waals surface area contributed by atoms with Gasteiger partial charge in [-0.1, -0.05) is 72.8 Å². The first-order chi connectivity index (χ1) is 20.4. The number of allylic oxidation sites excluding steroid dienone is 4. The van der Waals surface area contributed by atoms with E-state index in [4.69, 9.17) is 21.4 Å². The van der Waals surface area contributed by atoms with Crippen LogP contribution in [0.3, 0.4) is 0 Å². The SMILES string of the molecule is NC(=CC=Nc1cccc(C(c2ccccc2)(c2ccccc2)c2cccc(N=CC=C(N)C(F)(F)F)n2)n1)C(F)(F)F. The summed E-state index contributed by atoms with van der Waals surface area (Å²) in [5.41, 5.74) is 8.59. The van der Waals surface area contributed by atoms with Crippen LogP contribution in [0.25, 0.3) is 0 Å². The molecule has 2 aromatic heterocycles. The Labute approximate surface area is 242 Å². The van der Waals surface area contributed by atoms with Gasteiger partial charge in [-0.15, -0.1) is 0 Å². The predicted molar refractivity (Wildman–Crippen MR) is 153 cm³/mol. The quantitative estimate of drug-likeness (QED) is 0.168. The van der Waals surface area contributed by atoms with Crippen molar-refractivity contribution in [1.29, 1.82) is 0 Å². The Morgan fingerprint density at radius 2 is 0.907 bits per heavy atom. The van der Waals surface area contributed by atoms with E-state index in [2.05, 4.69) is 9.98 Å². The summed E-state index contributed by atoms with van der Waals surface area (Å²) in [6, 6.07) is 28.2. The van der Waals surface area contributed by atoms with E-state index in [9.17, 15) is 26.3 Å². The Hall–Kier alpha value is -5.26. The zero-order valence-corrected chi connectivity index (χ0v) is 22.3. The molecule has 4 N–H and O–H groups in total. The van der Waals surface area contributed by atoms with Gasteiger partial charge in [-0.2, -0.15) is 26.3 Å². The van der Waals surface area contributed by atoms with Crippen molar-refractivity contribution in [3.63, 3.8) is 0 Å². The minimum atomic E-state index is -4.70. The van der Waals surface area contributed by atoms with E-state index in [-0.39, 0.29) is 11.6 Å². The van der Waals surface area contributed by atoms with Gasteiger partial charge in [0.2, 0.25) is 0 Å². The molecule has 0 aliphatic heterocycles. The second-order valence-corrected chi connectivity index (χ2v) is 9.04. The number of hydrogen-bond acceptors (Lipinski definition) is 6. The largest absolute Gasteiger partial charge is 0.430 e. The van der Waals surface area contributed by atoms with E-state index in [0.29, 0.717) is 23.5 Å². The van der Waals surface area contributed by atoms with Crippen molar-refractivity contribution >= 4 is 24.1 Å². The Balaban J connectivity index is 1.93. The van der Waals surface area contributed by atoms with Gasteiger partial charge in [0.1, 0.15) is 16.8 Å². The van der Waals surface area contributed by atoms with Gasteiger partial charge in [-0.25, -0.2) is 20.0 Å². The lowest BCUT2D eigenvalue weighted by Gasteiger charge is -2.34. The molecule has 0 fully saturated rings. The fourth-order valence-electron chi connectivity index (χ4n) is 4.25. The average molecular weight is 595 g/mol. The molecule has 0 aliphatic rings. The molecule has 0 radical (unpaired) electrons. The highest BCUT2D eigenvalue weighted by Gasteiger charge is 2.41. The van der Waals surface area contributed by atoms with Crippen molar-refractivity contribution in [2.75, 3.05) is 0 Å². The summed E-state index contributed by atoms with van der Waals surface area (Å²) in [5, 5.41) is 0. The van der Waals surface area contributed by atoms with E-state index >= 15 is 0 Å². The summed E-state index contributed by atoms with van der Waals surface area (Å²) in [7, 11) is 0. The molecule has 220 valence electrons. The van der Waals surface area contributed by atoms with Gasteiger partial charge in [0.25, 0.3) is 0 Å². The number of rotatable bonds is 8. The van der Waals surface area contributed by atoms with Crippen LogP contribution in [0.1, 0.15) is 22.5 Å². The number of aromatic nitrogens is 2. The number of alkyl halides is 6. The van der Waals surface area contributed by atoms with Gasteiger partial charge in [-0.3, -0.25) is 0 Å². The third-order valence-corrected chi connectivity index (χ3v) is 6.23. The molecule has 0 atom stereocenters. The topological polar surface area (TPSA) is 103 Å². The van der Waals surface area contributed by atoms with Gasteiger partial charge in [0, 0.05) is 12.4 Å². The summed E-state index contributed by atoms with van der Waals surface area (Å²) in [5.74, 6) is 0.198. The molecule has 0 unspecified atom stereocenters. The van der Waals surface area contributed by atoms with Crippen molar-refractivity contribution in [3.05, 3.63) is 143 Å². The van der Waals surface area contributed by atoms with Crippen LogP contribution in [0.5, 0.6) is 0 Å². The molecule has 0 saturated heterocycles. The molecule has 6 nitrogen and oxygen atoms in total. The molecule has 0 aliphatic carbocycles. The first-order valence-corrected chi connectivity index (χ1v) is 12.6. The molecule has 2 aromatic carbocycles. The van der Waals surface area contributed by atoms with Crippen LogP contribution < -0.4 is 11.5 Å². The third-order valence-electron chi connectivity index (χ3n) is 6.23. The molecule has 43 heavy (non-hydrogen) atoms. The Morgan fingerprint density at radius 3 is 1.26 bits per heavy atom. The fourth-order valence-corrected chi connectivity index (χ4v) is 4.25. The smallest absolute Gasteiger partial charge is 0.395 e. The van der Waals surface area contributed by atoms with Crippen molar-refractivity contribution < 1.29 is 26.3 Å². The maximum Gasteiger partial charge on any atom is 0.430 e. The maximum absolute atomic E-state index is 12.8. The monoisotopic (exact) mass is 594 g/mol. The molecule has 0 saturated carbocycles. The molecule has 2 heterocycles. The van der Waals surface area contributed by atoms with Crippen molar-refractivity contribution in [3.8, 4) is 0 Å². The average Bonchev–Trinajstić information content (AvgIpc) is 2.98. The van der Waals surface area contributed by atoms with E-state index in [1.54, 1.807) is 24.3 Å². The van der Waals surface area contributed by atoms with E-state index in [1.165, 1.54) is 12.1 Å². The second kappa shape index (κ2) is 12.7.